The highest BCUT2D eigenvalue weighted by Gasteiger charge is 2.22. The van der Waals surface area contributed by atoms with Gasteiger partial charge in [-0.05, 0) is 35.7 Å². The van der Waals surface area contributed by atoms with Crippen molar-refractivity contribution in [2.45, 2.75) is 13.0 Å². The van der Waals surface area contributed by atoms with E-state index in [1.165, 1.54) is 18.4 Å². The number of fused-ring (bicyclic) bond motifs is 1. The van der Waals surface area contributed by atoms with Crippen molar-refractivity contribution in [3.8, 4) is 5.75 Å². The first-order valence-corrected chi connectivity index (χ1v) is 6.32. The third kappa shape index (κ3) is 2.30. The Morgan fingerprint density at radius 2 is 2.05 bits per heavy atom. The van der Waals surface area contributed by atoms with E-state index < -0.39 is 5.63 Å². The molecule has 1 aromatic carbocycles. The van der Waals surface area contributed by atoms with Crippen LogP contribution in [0.25, 0.3) is 0 Å². The van der Waals surface area contributed by atoms with E-state index in [0.717, 1.165) is 17.5 Å². The van der Waals surface area contributed by atoms with E-state index in [9.17, 15) is 14.7 Å². The van der Waals surface area contributed by atoms with Gasteiger partial charge >= 0.3 is 5.63 Å². The van der Waals surface area contributed by atoms with Crippen molar-refractivity contribution in [1.82, 2.24) is 4.90 Å². The molecule has 2 heterocycles. The molecule has 3 rings (SSSR count). The fourth-order valence-electron chi connectivity index (χ4n) is 2.38. The molecule has 5 heteroatoms. The lowest BCUT2D eigenvalue weighted by Gasteiger charge is -2.28. The fraction of sp³-hybridized carbons (Fsp3) is 0.200. The molecular weight excluding hydrogens is 258 g/mol. The minimum Gasteiger partial charge on any atom is -0.508 e. The molecule has 0 atom stereocenters. The van der Waals surface area contributed by atoms with E-state index in [4.69, 9.17) is 4.42 Å². The normalized spacial score (nSPS) is 13.9. The molecule has 1 aromatic heterocycles. The summed E-state index contributed by atoms with van der Waals surface area (Å²) in [5.74, 6) is 0.0199. The Kier molecular flexibility index (Phi) is 3.02. The Hall–Kier alpha value is -2.56. The van der Waals surface area contributed by atoms with Crippen molar-refractivity contribution < 1.29 is 14.3 Å². The zero-order valence-corrected chi connectivity index (χ0v) is 10.7. The molecule has 2 aromatic rings. The van der Waals surface area contributed by atoms with E-state index in [1.54, 1.807) is 17.0 Å². The van der Waals surface area contributed by atoms with Crippen LogP contribution in [-0.2, 0) is 13.0 Å². The Morgan fingerprint density at radius 3 is 2.80 bits per heavy atom. The highest BCUT2D eigenvalue weighted by molar-refractivity contribution is 5.93. The van der Waals surface area contributed by atoms with Gasteiger partial charge in [-0.15, -0.1) is 0 Å². The summed E-state index contributed by atoms with van der Waals surface area (Å²) in [4.78, 5) is 24.9. The number of rotatable bonds is 1. The molecule has 0 saturated heterocycles. The van der Waals surface area contributed by atoms with Gasteiger partial charge in [-0.25, -0.2) is 4.79 Å². The van der Waals surface area contributed by atoms with Crippen LogP contribution in [0.1, 0.15) is 21.5 Å². The number of nitrogens with zero attached hydrogens (tertiary/aromatic N) is 1. The van der Waals surface area contributed by atoms with Gasteiger partial charge in [0.2, 0.25) is 0 Å². The van der Waals surface area contributed by atoms with Gasteiger partial charge in [0.1, 0.15) is 12.0 Å². The number of hydrogen-bond acceptors (Lipinski definition) is 4. The predicted molar refractivity (Wildman–Crippen MR) is 71.5 cm³/mol. The summed E-state index contributed by atoms with van der Waals surface area (Å²) in [5.41, 5.74) is 1.97. The van der Waals surface area contributed by atoms with Crippen molar-refractivity contribution in [2.24, 2.45) is 0 Å². The van der Waals surface area contributed by atoms with E-state index in [2.05, 4.69) is 0 Å². The van der Waals surface area contributed by atoms with Crippen molar-refractivity contribution in [3.63, 3.8) is 0 Å². The average Bonchev–Trinajstić information content (AvgIpc) is 2.46. The summed E-state index contributed by atoms with van der Waals surface area (Å²) < 4.78 is 4.72. The zero-order valence-electron chi connectivity index (χ0n) is 10.7. The van der Waals surface area contributed by atoms with Gasteiger partial charge in [-0.2, -0.15) is 0 Å². The number of phenolic OH excluding ortho intramolecular Hbond substituents is 1. The first-order chi connectivity index (χ1) is 9.63. The predicted octanol–water partition coefficient (Wildman–Crippen LogP) is 1.54. The molecule has 5 nitrogen and oxygen atoms in total. The first-order valence-electron chi connectivity index (χ1n) is 6.32. The number of benzene rings is 1. The Labute approximate surface area is 115 Å². The number of aromatic hydroxyl groups is 1. The maximum absolute atomic E-state index is 12.3. The van der Waals surface area contributed by atoms with Crippen molar-refractivity contribution >= 4 is 5.91 Å². The van der Waals surface area contributed by atoms with Crippen LogP contribution in [0.15, 0.2) is 45.8 Å². The molecule has 0 aliphatic carbocycles. The second-order valence-corrected chi connectivity index (χ2v) is 4.77. The average molecular weight is 271 g/mol. The number of amides is 1. The van der Waals surface area contributed by atoms with Crippen LogP contribution in [0, 0.1) is 0 Å². The quantitative estimate of drug-likeness (QED) is 0.854. The maximum Gasteiger partial charge on any atom is 0.335 e. The minimum absolute atomic E-state index is 0.178. The summed E-state index contributed by atoms with van der Waals surface area (Å²) >= 11 is 0. The van der Waals surface area contributed by atoms with Crippen LogP contribution in [0.5, 0.6) is 5.75 Å². The maximum atomic E-state index is 12.3. The number of phenols is 1. The molecule has 0 spiro atoms. The second-order valence-electron chi connectivity index (χ2n) is 4.77. The van der Waals surface area contributed by atoms with Crippen LogP contribution in [0.2, 0.25) is 0 Å². The molecule has 20 heavy (non-hydrogen) atoms. The summed E-state index contributed by atoms with van der Waals surface area (Å²) in [6, 6.07) is 7.92. The van der Waals surface area contributed by atoms with Crippen molar-refractivity contribution in [2.75, 3.05) is 6.54 Å². The summed E-state index contributed by atoms with van der Waals surface area (Å²) in [6.07, 6.45) is 1.93. The van der Waals surface area contributed by atoms with Crippen molar-refractivity contribution in [3.05, 3.63) is 63.7 Å². The molecule has 1 N–H and O–H groups in total. The standard InChI is InChI=1S/C15H13NO4/c17-13-3-1-10-5-6-16(8-12(10)7-13)15(19)11-2-4-14(18)20-9-11/h1-4,7,9,17H,5-6,8H2. The van der Waals surface area contributed by atoms with Gasteiger partial charge in [-0.1, -0.05) is 6.07 Å². The molecule has 1 aliphatic rings. The van der Waals surface area contributed by atoms with Crippen molar-refractivity contribution in [1.29, 1.82) is 0 Å². The van der Waals surface area contributed by atoms with Gasteiger partial charge < -0.3 is 14.4 Å². The second kappa shape index (κ2) is 4.85. The van der Waals surface area contributed by atoms with Gasteiger partial charge in [-0.3, -0.25) is 4.79 Å². The van der Waals surface area contributed by atoms with Crippen LogP contribution >= 0.6 is 0 Å². The van der Waals surface area contributed by atoms with E-state index in [-0.39, 0.29) is 11.7 Å². The minimum atomic E-state index is -0.476. The van der Waals surface area contributed by atoms with Gasteiger partial charge in [0.25, 0.3) is 5.91 Å². The summed E-state index contributed by atoms with van der Waals surface area (Å²) in [5, 5.41) is 9.51. The summed E-state index contributed by atoms with van der Waals surface area (Å²) in [7, 11) is 0. The van der Waals surface area contributed by atoms with Gasteiger partial charge in [0.05, 0.1) is 5.56 Å². The lowest BCUT2D eigenvalue weighted by Crippen LogP contribution is -2.36. The zero-order chi connectivity index (χ0) is 14.1. The Balaban J connectivity index is 1.84. The monoisotopic (exact) mass is 271 g/mol. The van der Waals surface area contributed by atoms with Crippen LogP contribution < -0.4 is 5.63 Å². The number of hydrogen-bond donors (Lipinski definition) is 1. The number of carbonyl (C=O) groups excluding carboxylic acids is 1. The molecular formula is C15H13NO4. The largest absolute Gasteiger partial charge is 0.508 e. The molecule has 1 amide bonds. The van der Waals surface area contributed by atoms with Gasteiger partial charge in [0, 0.05) is 19.2 Å². The van der Waals surface area contributed by atoms with Crippen LogP contribution in [-0.4, -0.2) is 22.5 Å². The first kappa shape index (κ1) is 12.5. The lowest BCUT2D eigenvalue weighted by molar-refractivity contribution is 0.0731. The van der Waals surface area contributed by atoms with E-state index in [1.807, 2.05) is 6.07 Å². The summed E-state index contributed by atoms with van der Waals surface area (Å²) in [6.45, 7) is 1.05. The molecule has 102 valence electrons. The Bertz CT molecular complexity index is 700. The number of carbonyl (C=O) groups is 1. The molecule has 0 saturated carbocycles. The molecule has 0 radical (unpaired) electrons. The highest BCUT2D eigenvalue weighted by Crippen LogP contribution is 2.24. The van der Waals surface area contributed by atoms with Gasteiger partial charge in [0.15, 0.2) is 0 Å². The van der Waals surface area contributed by atoms with Crippen LogP contribution in [0.3, 0.4) is 0 Å². The van der Waals surface area contributed by atoms with E-state index >= 15 is 0 Å². The van der Waals surface area contributed by atoms with Crippen LogP contribution in [0.4, 0.5) is 0 Å². The Morgan fingerprint density at radius 1 is 1.20 bits per heavy atom. The lowest BCUT2D eigenvalue weighted by atomic mass is 9.99. The topological polar surface area (TPSA) is 70.8 Å². The molecule has 0 fully saturated rings. The smallest absolute Gasteiger partial charge is 0.335 e. The van der Waals surface area contributed by atoms with E-state index in [0.29, 0.717) is 18.7 Å². The third-order valence-electron chi connectivity index (χ3n) is 3.44. The molecule has 0 unspecified atom stereocenters. The molecule has 0 bridgehead atoms. The SMILES string of the molecule is O=C(c1ccc(=O)oc1)N1CCc2ccc(O)cc2C1. The highest BCUT2D eigenvalue weighted by atomic mass is 16.4. The fourth-order valence-corrected chi connectivity index (χ4v) is 2.38. The molecule has 1 aliphatic heterocycles. The third-order valence-corrected chi connectivity index (χ3v) is 3.44.